The van der Waals surface area contributed by atoms with Crippen LogP contribution in [-0.2, 0) is 11.2 Å². The van der Waals surface area contributed by atoms with Gasteiger partial charge in [0.15, 0.2) is 11.6 Å². The molecule has 25 heavy (non-hydrogen) atoms. The number of phenolic OH excluding ortho intramolecular Hbond substituents is 1. The van der Waals surface area contributed by atoms with Crippen molar-refractivity contribution in [2.24, 2.45) is 0 Å². The maximum atomic E-state index is 13.8. The number of amides is 1. The van der Waals surface area contributed by atoms with E-state index >= 15 is 0 Å². The van der Waals surface area contributed by atoms with Gasteiger partial charge in [-0.1, -0.05) is 24.3 Å². The molecule has 0 aliphatic rings. The number of benzene rings is 3. The van der Waals surface area contributed by atoms with Crippen LogP contribution in [0.5, 0.6) is 17.2 Å². The van der Waals surface area contributed by atoms with Crippen LogP contribution >= 0.6 is 0 Å². The van der Waals surface area contributed by atoms with Crippen LogP contribution in [0.25, 0.3) is 10.8 Å². The van der Waals surface area contributed by atoms with Crippen LogP contribution in [0.15, 0.2) is 54.6 Å². The highest BCUT2D eigenvalue weighted by Gasteiger charge is 2.07. The number of halogens is 1. The van der Waals surface area contributed by atoms with Gasteiger partial charge in [0.1, 0.15) is 11.5 Å². The third-order valence-electron chi connectivity index (χ3n) is 3.81. The Labute approximate surface area is 144 Å². The topological polar surface area (TPSA) is 58.6 Å². The summed E-state index contributed by atoms with van der Waals surface area (Å²) in [6.07, 6.45) is 0.756. The van der Waals surface area contributed by atoms with E-state index < -0.39 is 5.82 Å². The van der Waals surface area contributed by atoms with E-state index in [1.165, 1.54) is 19.1 Å². The molecule has 5 heteroatoms. The Morgan fingerprint density at radius 1 is 1.08 bits per heavy atom. The summed E-state index contributed by atoms with van der Waals surface area (Å²) in [5.74, 6) is -0.222. The molecule has 4 nitrogen and oxygen atoms in total. The second kappa shape index (κ2) is 7.21. The number of fused-ring (bicyclic) bond motifs is 1. The van der Waals surface area contributed by atoms with Crippen LogP contribution in [-0.4, -0.2) is 17.6 Å². The van der Waals surface area contributed by atoms with E-state index in [2.05, 4.69) is 11.4 Å². The van der Waals surface area contributed by atoms with Crippen molar-refractivity contribution in [2.45, 2.75) is 13.3 Å². The molecule has 128 valence electrons. The number of carbonyl (C=O) groups is 1. The van der Waals surface area contributed by atoms with Crippen molar-refractivity contribution in [3.63, 3.8) is 0 Å². The Bertz CT molecular complexity index is 924. The quantitative estimate of drug-likeness (QED) is 0.734. The summed E-state index contributed by atoms with van der Waals surface area (Å²) >= 11 is 0. The molecule has 3 rings (SSSR count). The summed E-state index contributed by atoms with van der Waals surface area (Å²) in [4.78, 5) is 10.9. The first-order chi connectivity index (χ1) is 12.0. The lowest BCUT2D eigenvalue weighted by Crippen LogP contribution is -2.22. The molecule has 0 unspecified atom stereocenters. The lowest BCUT2D eigenvalue weighted by molar-refractivity contribution is -0.118. The highest BCUT2D eigenvalue weighted by molar-refractivity contribution is 5.84. The normalized spacial score (nSPS) is 10.6. The molecule has 0 spiro atoms. The molecule has 2 N–H and O–H groups in total. The van der Waals surface area contributed by atoms with E-state index in [0.717, 1.165) is 28.8 Å². The van der Waals surface area contributed by atoms with Crippen LogP contribution in [0.2, 0.25) is 0 Å². The first-order valence-corrected chi connectivity index (χ1v) is 7.95. The zero-order valence-electron chi connectivity index (χ0n) is 13.8. The highest BCUT2D eigenvalue weighted by atomic mass is 19.1. The van der Waals surface area contributed by atoms with E-state index in [1.807, 2.05) is 24.3 Å². The molecule has 0 radical (unpaired) electrons. The fraction of sp³-hybridized carbons (Fsp3) is 0.150. The van der Waals surface area contributed by atoms with Crippen molar-refractivity contribution < 1.29 is 19.0 Å². The second-order valence-electron chi connectivity index (χ2n) is 5.79. The third kappa shape index (κ3) is 4.26. The number of hydrogen-bond acceptors (Lipinski definition) is 3. The van der Waals surface area contributed by atoms with E-state index in [0.29, 0.717) is 12.3 Å². The van der Waals surface area contributed by atoms with Crippen molar-refractivity contribution in [1.29, 1.82) is 0 Å². The summed E-state index contributed by atoms with van der Waals surface area (Å²) in [5, 5.41) is 14.0. The molecule has 0 aliphatic carbocycles. The van der Waals surface area contributed by atoms with Gasteiger partial charge in [0.2, 0.25) is 5.91 Å². The number of ether oxygens (including phenoxy) is 1. The second-order valence-corrected chi connectivity index (χ2v) is 5.79. The summed E-state index contributed by atoms with van der Waals surface area (Å²) in [7, 11) is 0. The molecule has 0 saturated carbocycles. The fourth-order valence-electron chi connectivity index (χ4n) is 2.57. The Balaban J connectivity index is 1.77. The molecule has 0 atom stereocenters. The van der Waals surface area contributed by atoms with Gasteiger partial charge in [-0.3, -0.25) is 4.79 Å². The zero-order valence-corrected chi connectivity index (χ0v) is 13.8. The monoisotopic (exact) mass is 339 g/mol. The Morgan fingerprint density at radius 2 is 1.84 bits per heavy atom. The number of hydrogen-bond donors (Lipinski definition) is 2. The molecule has 0 fully saturated rings. The van der Waals surface area contributed by atoms with Gasteiger partial charge in [0.25, 0.3) is 0 Å². The van der Waals surface area contributed by atoms with Gasteiger partial charge in [0, 0.05) is 19.5 Å². The molecular formula is C20H18FNO3. The van der Waals surface area contributed by atoms with Crippen LogP contribution in [0.1, 0.15) is 12.5 Å². The average molecular weight is 339 g/mol. The number of aromatic hydroxyl groups is 1. The van der Waals surface area contributed by atoms with Crippen molar-refractivity contribution in [3.8, 4) is 17.2 Å². The molecule has 0 aromatic heterocycles. The standard InChI is InChI=1S/C20H18FNO3/c1-13(23)22-9-8-14-2-3-16-11-18(6-4-15(16)10-14)25-20-7-5-17(24)12-19(20)21/h2-7,10-12,24H,8-9H2,1H3,(H,22,23). The first kappa shape index (κ1) is 16.8. The summed E-state index contributed by atoms with van der Waals surface area (Å²) in [6, 6.07) is 15.3. The minimum atomic E-state index is -0.617. The summed E-state index contributed by atoms with van der Waals surface area (Å²) in [5.41, 5.74) is 1.12. The van der Waals surface area contributed by atoms with Crippen LogP contribution in [0.4, 0.5) is 4.39 Å². The van der Waals surface area contributed by atoms with E-state index in [4.69, 9.17) is 4.74 Å². The van der Waals surface area contributed by atoms with Gasteiger partial charge in [-0.2, -0.15) is 0 Å². The van der Waals surface area contributed by atoms with Gasteiger partial charge in [-0.05, 0) is 47.0 Å². The highest BCUT2D eigenvalue weighted by Crippen LogP contribution is 2.29. The average Bonchev–Trinajstić information content (AvgIpc) is 2.57. The lowest BCUT2D eigenvalue weighted by Gasteiger charge is -2.09. The molecule has 3 aromatic rings. The molecule has 0 bridgehead atoms. The fourth-order valence-corrected chi connectivity index (χ4v) is 2.57. The minimum absolute atomic E-state index is 0.0379. The minimum Gasteiger partial charge on any atom is -0.508 e. The number of carbonyl (C=O) groups excluding carboxylic acids is 1. The SMILES string of the molecule is CC(=O)NCCc1ccc2cc(Oc3ccc(O)cc3F)ccc2c1. The molecule has 3 aromatic carbocycles. The van der Waals surface area contributed by atoms with Crippen molar-refractivity contribution in [3.05, 3.63) is 66.0 Å². The summed E-state index contributed by atoms with van der Waals surface area (Å²) < 4.78 is 19.3. The maximum Gasteiger partial charge on any atom is 0.216 e. The third-order valence-corrected chi connectivity index (χ3v) is 3.81. The van der Waals surface area contributed by atoms with E-state index in [9.17, 15) is 14.3 Å². The predicted octanol–water partition coefficient (Wildman–Crippen LogP) is 4.16. The number of rotatable bonds is 5. The van der Waals surface area contributed by atoms with Gasteiger partial charge in [-0.25, -0.2) is 4.39 Å². The largest absolute Gasteiger partial charge is 0.508 e. The Morgan fingerprint density at radius 3 is 2.60 bits per heavy atom. The smallest absolute Gasteiger partial charge is 0.216 e. The zero-order chi connectivity index (χ0) is 17.8. The maximum absolute atomic E-state index is 13.8. The number of nitrogens with one attached hydrogen (secondary N) is 1. The molecule has 1 amide bonds. The van der Waals surface area contributed by atoms with Crippen LogP contribution in [0.3, 0.4) is 0 Å². The van der Waals surface area contributed by atoms with Crippen LogP contribution in [0, 0.1) is 5.82 Å². The Kier molecular flexibility index (Phi) is 4.84. The van der Waals surface area contributed by atoms with Gasteiger partial charge in [0.05, 0.1) is 0 Å². The Hall–Kier alpha value is -3.08. The lowest BCUT2D eigenvalue weighted by atomic mass is 10.0. The summed E-state index contributed by atoms with van der Waals surface area (Å²) in [6.45, 7) is 2.10. The molecule has 0 heterocycles. The molecule has 0 saturated heterocycles. The molecular weight excluding hydrogens is 321 g/mol. The number of phenols is 1. The van der Waals surface area contributed by atoms with Crippen molar-refractivity contribution >= 4 is 16.7 Å². The predicted molar refractivity (Wildman–Crippen MR) is 94.5 cm³/mol. The van der Waals surface area contributed by atoms with E-state index in [1.54, 1.807) is 6.07 Å². The van der Waals surface area contributed by atoms with Crippen molar-refractivity contribution in [2.75, 3.05) is 6.54 Å². The van der Waals surface area contributed by atoms with Gasteiger partial charge < -0.3 is 15.2 Å². The molecule has 0 aliphatic heterocycles. The first-order valence-electron chi connectivity index (χ1n) is 7.95. The van der Waals surface area contributed by atoms with Crippen LogP contribution < -0.4 is 10.1 Å². The van der Waals surface area contributed by atoms with Crippen molar-refractivity contribution in [1.82, 2.24) is 5.32 Å². The van der Waals surface area contributed by atoms with E-state index in [-0.39, 0.29) is 17.4 Å². The van der Waals surface area contributed by atoms with Gasteiger partial charge >= 0.3 is 0 Å². The van der Waals surface area contributed by atoms with Gasteiger partial charge in [-0.15, -0.1) is 0 Å².